The smallest absolute Gasteiger partial charge is 0.222 e. The number of nitrogen functional groups attached to an aromatic ring is 1. The predicted molar refractivity (Wildman–Crippen MR) is 65.7 cm³/mol. The highest BCUT2D eigenvalue weighted by atomic mass is 35.5. The first-order valence-electron chi connectivity index (χ1n) is 5.46. The average Bonchev–Trinajstić information content (AvgIpc) is 3.07. The van der Waals surface area contributed by atoms with E-state index >= 15 is 0 Å². The van der Waals surface area contributed by atoms with Gasteiger partial charge in [-0.3, -0.25) is 4.79 Å². The lowest BCUT2D eigenvalue weighted by Gasteiger charge is -2.07. The minimum absolute atomic E-state index is 0.0400. The van der Waals surface area contributed by atoms with Crippen molar-refractivity contribution in [2.24, 2.45) is 0 Å². The fourth-order valence-corrected chi connectivity index (χ4v) is 1.48. The third-order valence-electron chi connectivity index (χ3n) is 2.35. The monoisotopic (exact) mass is 255 g/mol. The van der Waals surface area contributed by atoms with Gasteiger partial charge >= 0.3 is 0 Å². The molecule has 7 heteroatoms. The summed E-state index contributed by atoms with van der Waals surface area (Å²) in [5.74, 6) is 0.649. The van der Waals surface area contributed by atoms with Crippen molar-refractivity contribution >= 4 is 29.3 Å². The summed E-state index contributed by atoms with van der Waals surface area (Å²) in [5, 5.41) is 6.24. The lowest BCUT2D eigenvalue weighted by molar-refractivity contribution is -0.120. The second-order valence-electron chi connectivity index (χ2n) is 3.94. The Morgan fingerprint density at radius 2 is 2.35 bits per heavy atom. The summed E-state index contributed by atoms with van der Waals surface area (Å²) in [7, 11) is 0. The zero-order valence-corrected chi connectivity index (χ0v) is 10.00. The molecule has 0 unspecified atom stereocenters. The molecule has 4 N–H and O–H groups in total. The van der Waals surface area contributed by atoms with E-state index in [2.05, 4.69) is 20.6 Å². The van der Waals surface area contributed by atoms with Gasteiger partial charge in [0.1, 0.15) is 10.8 Å². The van der Waals surface area contributed by atoms with E-state index in [0.29, 0.717) is 29.8 Å². The lowest BCUT2D eigenvalue weighted by Crippen LogP contribution is -2.27. The van der Waals surface area contributed by atoms with Gasteiger partial charge in [0.2, 0.25) is 11.9 Å². The van der Waals surface area contributed by atoms with Crippen LogP contribution < -0.4 is 16.4 Å². The molecule has 0 aliphatic heterocycles. The molecule has 92 valence electrons. The van der Waals surface area contributed by atoms with Crippen LogP contribution in [-0.2, 0) is 4.79 Å². The minimum atomic E-state index is 0.0400. The van der Waals surface area contributed by atoms with Crippen LogP contribution in [0.5, 0.6) is 0 Å². The summed E-state index contributed by atoms with van der Waals surface area (Å²) >= 11 is 5.86. The minimum Gasteiger partial charge on any atom is -0.368 e. The van der Waals surface area contributed by atoms with Gasteiger partial charge in [0.05, 0.1) is 6.20 Å². The molecule has 1 aromatic rings. The van der Waals surface area contributed by atoms with E-state index in [9.17, 15) is 4.79 Å². The first-order valence-corrected chi connectivity index (χ1v) is 5.84. The largest absolute Gasteiger partial charge is 0.368 e. The maximum Gasteiger partial charge on any atom is 0.222 e. The summed E-state index contributed by atoms with van der Waals surface area (Å²) in [5.41, 5.74) is 5.43. The van der Waals surface area contributed by atoms with Gasteiger partial charge in [-0.05, 0) is 12.8 Å². The molecule has 0 saturated heterocycles. The van der Waals surface area contributed by atoms with Crippen LogP contribution >= 0.6 is 11.6 Å². The van der Waals surface area contributed by atoms with Gasteiger partial charge in [-0.2, -0.15) is 4.98 Å². The quantitative estimate of drug-likeness (QED) is 0.723. The number of halogens is 1. The number of nitrogens with one attached hydrogen (secondary N) is 2. The molecule has 1 saturated carbocycles. The highest BCUT2D eigenvalue weighted by Crippen LogP contribution is 2.19. The van der Waals surface area contributed by atoms with E-state index in [0.717, 1.165) is 12.8 Å². The number of hydrogen-bond donors (Lipinski definition) is 3. The van der Waals surface area contributed by atoms with Gasteiger partial charge < -0.3 is 16.4 Å². The Bertz CT molecular complexity index is 421. The van der Waals surface area contributed by atoms with E-state index in [4.69, 9.17) is 17.3 Å². The van der Waals surface area contributed by atoms with Crippen molar-refractivity contribution in [1.82, 2.24) is 15.3 Å². The third-order valence-corrected chi connectivity index (χ3v) is 2.63. The van der Waals surface area contributed by atoms with E-state index in [1.807, 2.05) is 0 Å². The number of nitrogens with two attached hydrogens (primary N) is 1. The standard InChI is InChI=1S/C10H14ClN5O/c11-7-5-14-10(12)16-9(7)13-4-3-8(17)15-6-1-2-6/h5-6H,1-4H2,(H,15,17)(H3,12,13,14,16). The Morgan fingerprint density at radius 1 is 1.59 bits per heavy atom. The molecule has 2 rings (SSSR count). The van der Waals surface area contributed by atoms with E-state index in [-0.39, 0.29) is 11.9 Å². The molecule has 0 bridgehead atoms. The highest BCUT2D eigenvalue weighted by molar-refractivity contribution is 6.32. The molecule has 1 amide bonds. The molecule has 0 aromatic carbocycles. The molecule has 0 atom stereocenters. The fraction of sp³-hybridized carbons (Fsp3) is 0.500. The molecule has 0 radical (unpaired) electrons. The molecular formula is C10H14ClN5O. The van der Waals surface area contributed by atoms with Crippen molar-refractivity contribution in [1.29, 1.82) is 0 Å². The number of rotatable bonds is 5. The summed E-state index contributed by atoms with van der Waals surface area (Å²) in [6.45, 7) is 0.467. The zero-order valence-electron chi connectivity index (χ0n) is 9.24. The molecule has 1 aliphatic rings. The topological polar surface area (TPSA) is 92.9 Å². The fourth-order valence-electron chi connectivity index (χ4n) is 1.33. The maximum absolute atomic E-state index is 11.4. The van der Waals surface area contributed by atoms with Crippen LogP contribution in [0.2, 0.25) is 5.02 Å². The molecule has 17 heavy (non-hydrogen) atoms. The van der Waals surface area contributed by atoms with Gasteiger partial charge in [0.15, 0.2) is 0 Å². The van der Waals surface area contributed by atoms with Gasteiger partial charge in [-0.1, -0.05) is 11.6 Å². The van der Waals surface area contributed by atoms with Crippen LogP contribution in [0.4, 0.5) is 11.8 Å². The molecule has 0 spiro atoms. The first kappa shape index (κ1) is 11.9. The number of amides is 1. The predicted octanol–water partition coefficient (Wildman–Crippen LogP) is 0.793. The van der Waals surface area contributed by atoms with E-state index in [1.165, 1.54) is 6.20 Å². The second-order valence-corrected chi connectivity index (χ2v) is 4.35. The number of nitrogens with zero attached hydrogens (tertiary/aromatic N) is 2. The van der Waals surface area contributed by atoms with Gasteiger partial charge in [-0.25, -0.2) is 4.98 Å². The number of hydrogen-bond acceptors (Lipinski definition) is 5. The van der Waals surface area contributed by atoms with Gasteiger partial charge in [-0.15, -0.1) is 0 Å². The second kappa shape index (κ2) is 5.18. The van der Waals surface area contributed by atoms with Crippen molar-refractivity contribution in [2.75, 3.05) is 17.6 Å². The number of carbonyl (C=O) groups is 1. The van der Waals surface area contributed by atoms with Crippen LogP contribution in [0.1, 0.15) is 19.3 Å². The Labute approximate surface area is 104 Å². The molecule has 1 heterocycles. The van der Waals surface area contributed by atoms with Gasteiger partial charge in [0.25, 0.3) is 0 Å². The SMILES string of the molecule is Nc1ncc(Cl)c(NCCC(=O)NC2CC2)n1. The van der Waals surface area contributed by atoms with Crippen LogP contribution in [-0.4, -0.2) is 28.5 Å². The number of carbonyl (C=O) groups excluding carboxylic acids is 1. The summed E-state index contributed by atoms with van der Waals surface area (Å²) in [6, 6.07) is 0.390. The first-order chi connectivity index (χ1) is 8.15. The number of anilines is 2. The van der Waals surface area contributed by atoms with Crippen molar-refractivity contribution in [3.8, 4) is 0 Å². The summed E-state index contributed by atoms with van der Waals surface area (Å²) in [4.78, 5) is 19.1. The van der Waals surface area contributed by atoms with Crippen molar-refractivity contribution in [2.45, 2.75) is 25.3 Å². The average molecular weight is 256 g/mol. The molecule has 1 aliphatic carbocycles. The maximum atomic E-state index is 11.4. The van der Waals surface area contributed by atoms with Crippen LogP contribution in [0.25, 0.3) is 0 Å². The Hall–Kier alpha value is -1.56. The normalized spacial score (nSPS) is 14.4. The Balaban J connectivity index is 1.76. The van der Waals surface area contributed by atoms with Crippen LogP contribution in [0.15, 0.2) is 6.20 Å². The molecule has 6 nitrogen and oxygen atoms in total. The van der Waals surface area contributed by atoms with Crippen LogP contribution in [0.3, 0.4) is 0 Å². The van der Waals surface area contributed by atoms with E-state index < -0.39 is 0 Å². The lowest BCUT2D eigenvalue weighted by atomic mass is 10.4. The van der Waals surface area contributed by atoms with Gasteiger partial charge in [0, 0.05) is 19.0 Å². The Morgan fingerprint density at radius 3 is 3.06 bits per heavy atom. The molecule has 1 fully saturated rings. The number of aromatic nitrogens is 2. The third kappa shape index (κ3) is 3.74. The summed E-state index contributed by atoms with van der Waals surface area (Å²) < 4.78 is 0. The van der Waals surface area contributed by atoms with E-state index in [1.54, 1.807) is 0 Å². The Kier molecular flexibility index (Phi) is 3.63. The van der Waals surface area contributed by atoms with Crippen molar-refractivity contribution in [3.63, 3.8) is 0 Å². The highest BCUT2D eigenvalue weighted by Gasteiger charge is 2.22. The molecular weight excluding hydrogens is 242 g/mol. The molecule has 1 aromatic heterocycles. The van der Waals surface area contributed by atoms with Crippen molar-refractivity contribution in [3.05, 3.63) is 11.2 Å². The van der Waals surface area contributed by atoms with Crippen molar-refractivity contribution < 1.29 is 4.79 Å². The zero-order chi connectivity index (χ0) is 12.3. The summed E-state index contributed by atoms with van der Waals surface area (Å²) in [6.07, 6.45) is 3.99. The van der Waals surface area contributed by atoms with Crippen LogP contribution in [0, 0.1) is 0 Å².